The summed E-state index contributed by atoms with van der Waals surface area (Å²) in [6.07, 6.45) is 4.26. The van der Waals surface area contributed by atoms with Gasteiger partial charge in [0.25, 0.3) is 0 Å². The van der Waals surface area contributed by atoms with Crippen molar-refractivity contribution in [3.63, 3.8) is 0 Å². The maximum absolute atomic E-state index is 12.7. The first-order valence-corrected chi connectivity index (χ1v) is 14.1. The molecule has 0 radical (unpaired) electrons. The number of amides is 2. The number of carbonyl (C=O) groups is 2. The first kappa shape index (κ1) is 29.6. The summed E-state index contributed by atoms with van der Waals surface area (Å²) in [6, 6.07) is 15.2. The van der Waals surface area contributed by atoms with E-state index in [1.807, 2.05) is 67.0 Å². The number of imidazole rings is 1. The molecule has 2 heterocycles. The van der Waals surface area contributed by atoms with Crippen LogP contribution in [0.2, 0.25) is 5.02 Å². The molecule has 40 heavy (non-hydrogen) atoms. The highest BCUT2D eigenvalue weighted by molar-refractivity contribution is 9.10. The van der Waals surface area contributed by atoms with Gasteiger partial charge in [0.05, 0.1) is 26.8 Å². The Bertz CT molecular complexity index is 1540. The van der Waals surface area contributed by atoms with E-state index in [-0.39, 0.29) is 24.1 Å². The van der Waals surface area contributed by atoms with Crippen molar-refractivity contribution in [1.82, 2.24) is 14.7 Å². The van der Waals surface area contributed by atoms with Crippen molar-refractivity contribution in [2.24, 2.45) is 11.5 Å². The minimum Gasteiger partial charge on any atom is -0.489 e. The first-order chi connectivity index (χ1) is 18.8. The standard InChI is InChI=1S/C30H33BrClN5O3/c1-17(2)40-24-12-11-21(27(33)38)25(26(24)32)20(15-35-29(39)30(3,4)34)14-18-7-9-19(10-8-18)23-16-37-13-5-6-22(31)28(37)36-23/h5-13,16-17,20H,14-15,34H2,1-4H3,(H2,33,38)(H,35,39). The molecule has 8 nitrogen and oxygen atoms in total. The van der Waals surface area contributed by atoms with E-state index in [0.29, 0.717) is 22.8 Å². The lowest BCUT2D eigenvalue weighted by Crippen LogP contribution is -2.50. The van der Waals surface area contributed by atoms with Crippen LogP contribution in [0.3, 0.4) is 0 Å². The monoisotopic (exact) mass is 625 g/mol. The second-order valence-electron chi connectivity index (χ2n) is 10.6. The molecule has 0 aliphatic heterocycles. The van der Waals surface area contributed by atoms with Crippen LogP contribution < -0.4 is 21.5 Å². The molecule has 210 valence electrons. The van der Waals surface area contributed by atoms with Crippen molar-refractivity contribution >= 4 is 45.0 Å². The molecule has 0 saturated heterocycles. The van der Waals surface area contributed by atoms with Gasteiger partial charge in [0.15, 0.2) is 5.65 Å². The third-order valence-electron chi connectivity index (χ3n) is 6.44. The maximum atomic E-state index is 12.7. The van der Waals surface area contributed by atoms with Crippen LogP contribution in [0, 0.1) is 0 Å². The van der Waals surface area contributed by atoms with Crippen LogP contribution in [0.1, 0.15) is 55.1 Å². The summed E-state index contributed by atoms with van der Waals surface area (Å²) in [5.74, 6) is -0.886. The number of ether oxygens (including phenoxy) is 1. The Morgan fingerprint density at radius 3 is 2.45 bits per heavy atom. The Balaban J connectivity index is 1.70. The number of rotatable bonds is 10. The summed E-state index contributed by atoms with van der Waals surface area (Å²) in [6.45, 7) is 7.23. The van der Waals surface area contributed by atoms with Crippen LogP contribution in [-0.2, 0) is 11.2 Å². The van der Waals surface area contributed by atoms with Gasteiger partial charge in [0.2, 0.25) is 11.8 Å². The predicted molar refractivity (Wildman–Crippen MR) is 162 cm³/mol. The first-order valence-electron chi connectivity index (χ1n) is 12.9. The van der Waals surface area contributed by atoms with Crippen molar-refractivity contribution in [2.45, 2.75) is 51.7 Å². The smallest absolute Gasteiger partial charge is 0.249 e. The topological polar surface area (TPSA) is 125 Å². The number of nitrogens with two attached hydrogens (primary N) is 2. The quantitative estimate of drug-likeness (QED) is 0.215. The SMILES string of the molecule is CC(C)Oc1ccc(C(N)=O)c(C(CNC(=O)C(C)(C)N)Cc2ccc(-c3cn4cccc(Br)c4n3)cc2)c1Cl. The summed E-state index contributed by atoms with van der Waals surface area (Å²) in [5.41, 5.74) is 15.1. The van der Waals surface area contributed by atoms with Gasteiger partial charge in [-0.2, -0.15) is 0 Å². The Morgan fingerprint density at radius 1 is 1.15 bits per heavy atom. The molecule has 1 atom stereocenters. The van der Waals surface area contributed by atoms with E-state index >= 15 is 0 Å². The van der Waals surface area contributed by atoms with Crippen molar-refractivity contribution in [1.29, 1.82) is 0 Å². The van der Waals surface area contributed by atoms with Crippen LogP contribution in [0.5, 0.6) is 5.75 Å². The second-order valence-corrected chi connectivity index (χ2v) is 11.8. The highest BCUT2D eigenvalue weighted by atomic mass is 79.9. The number of hydrogen-bond donors (Lipinski definition) is 3. The van der Waals surface area contributed by atoms with Gasteiger partial charge in [-0.15, -0.1) is 0 Å². The molecule has 4 aromatic rings. The Hall–Kier alpha value is -3.40. The van der Waals surface area contributed by atoms with Crippen molar-refractivity contribution in [3.05, 3.63) is 87.1 Å². The second kappa shape index (κ2) is 12.0. The number of hydrogen-bond acceptors (Lipinski definition) is 5. The number of nitrogens with zero attached hydrogens (tertiary/aromatic N) is 2. The summed E-state index contributed by atoms with van der Waals surface area (Å²) in [7, 11) is 0. The highest BCUT2D eigenvalue weighted by Gasteiger charge is 2.28. The van der Waals surface area contributed by atoms with Gasteiger partial charge < -0.3 is 25.9 Å². The van der Waals surface area contributed by atoms with E-state index in [1.165, 1.54) is 0 Å². The molecule has 2 aromatic carbocycles. The average Bonchev–Trinajstić information content (AvgIpc) is 3.33. The summed E-state index contributed by atoms with van der Waals surface area (Å²) >= 11 is 10.4. The lowest BCUT2D eigenvalue weighted by atomic mass is 9.87. The molecule has 0 spiro atoms. The molecule has 2 aromatic heterocycles. The van der Waals surface area contributed by atoms with Crippen molar-refractivity contribution < 1.29 is 14.3 Å². The Labute approximate surface area is 247 Å². The van der Waals surface area contributed by atoms with Crippen LogP contribution in [-0.4, -0.2) is 39.4 Å². The molecule has 5 N–H and O–H groups in total. The fraction of sp³-hybridized carbons (Fsp3) is 0.300. The number of fused-ring (bicyclic) bond motifs is 1. The Morgan fingerprint density at radius 2 is 1.85 bits per heavy atom. The molecule has 0 aliphatic carbocycles. The lowest BCUT2D eigenvalue weighted by molar-refractivity contribution is -0.125. The van der Waals surface area contributed by atoms with Gasteiger partial charge in [-0.25, -0.2) is 4.98 Å². The van der Waals surface area contributed by atoms with Gasteiger partial charge >= 0.3 is 0 Å². The van der Waals surface area contributed by atoms with Gasteiger partial charge in [0.1, 0.15) is 5.75 Å². The fourth-order valence-corrected chi connectivity index (χ4v) is 5.28. The largest absolute Gasteiger partial charge is 0.489 e. The van der Waals surface area contributed by atoms with Crippen LogP contribution >= 0.6 is 27.5 Å². The average molecular weight is 627 g/mol. The molecule has 0 fully saturated rings. The molecular formula is C30H33BrClN5O3. The van der Waals surface area contributed by atoms with Crippen LogP contribution in [0.15, 0.2) is 65.4 Å². The fourth-order valence-electron chi connectivity index (χ4n) is 4.47. The van der Waals surface area contributed by atoms with Crippen LogP contribution in [0.4, 0.5) is 0 Å². The summed E-state index contributed by atoms with van der Waals surface area (Å²) in [5, 5.41) is 3.21. The number of benzene rings is 2. The maximum Gasteiger partial charge on any atom is 0.249 e. The molecule has 0 saturated carbocycles. The van der Waals surface area contributed by atoms with Crippen molar-refractivity contribution in [3.8, 4) is 17.0 Å². The molecule has 1 unspecified atom stereocenters. The highest BCUT2D eigenvalue weighted by Crippen LogP contribution is 2.38. The third-order valence-corrected chi connectivity index (χ3v) is 7.45. The normalized spacial score (nSPS) is 12.5. The lowest BCUT2D eigenvalue weighted by Gasteiger charge is -2.25. The third kappa shape index (κ3) is 6.66. The van der Waals surface area contributed by atoms with Gasteiger partial charge in [-0.1, -0.05) is 35.9 Å². The molecular weight excluding hydrogens is 594 g/mol. The molecule has 0 aliphatic rings. The number of nitrogens with one attached hydrogen (secondary N) is 1. The minimum absolute atomic E-state index is 0.131. The van der Waals surface area contributed by atoms with Gasteiger partial charge in [0, 0.05) is 36.0 Å². The van der Waals surface area contributed by atoms with E-state index in [2.05, 4.69) is 21.2 Å². The summed E-state index contributed by atoms with van der Waals surface area (Å²) in [4.78, 5) is 29.9. The van der Waals surface area contributed by atoms with Crippen molar-refractivity contribution in [2.75, 3.05) is 6.54 Å². The zero-order valence-corrected chi connectivity index (χ0v) is 25.2. The number of primary amides is 1. The van der Waals surface area contributed by atoms with Crippen LogP contribution in [0.25, 0.3) is 16.9 Å². The molecule has 0 bridgehead atoms. The molecule has 10 heteroatoms. The van der Waals surface area contributed by atoms with Gasteiger partial charge in [-0.3, -0.25) is 9.59 Å². The zero-order chi connectivity index (χ0) is 29.2. The van der Waals surface area contributed by atoms with Gasteiger partial charge in [-0.05, 0) is 85.4 Å². The zero-order valence-electron chi connectivity index (χ0n) is 22.9. The molecule has 2 amide bonds. The van der Waals surface area contributed by atoms with E-state index in [0.717, 1.165) is 26.9 Å². The van der Waals surface area contributed by atoms with E-state index < -0.39 is 17.4 Å². The molecule has 4 rings (SSSR count). The number of halogens is 2. The number of aromatic nitrogens is 2. The number of pyridine rings is 1. The van der Waals surface area contributed by atoms with E-state index in [1.54, 1.807) is 26.0 Å². The minimum atomic E-state index is -1.08. The van der Waals surface area contributed by atoms with E-state index in [4.69, 9.17) is 32.8 Å². The predicted octanol–water partition coefficient (Wildman–Crippen LogP) is 5.48. The number of carbonyl (C=O) groups excluding carboxylic acids is 2. The Kier molecular flexibility index (Phi) is 8.87. The summed E-state index contributed by atoms with van der Waals surface area (Å²) < 4.78 is 8.77. The van der Waals surface area contributed by atoms with E-state index in [9.17, 15) is 9.59 Å².